The van der Waals surface area contributed by atoms with Gasteiger partial charge in [-0.15, -0.1) is 0 Å². The Morgan fingerprint density at radius 1 is 1.19 bits per heavy atom. The molecular weight excluding hydrogens is 721 g/mol. The van der Waals surface area contributed by atoms with Crippen LogP contribution in [-0.2, 0) is 27.4 Å². The van der Waals surface area contributed by atoms with Crippen molar-refractivity contribution in [1.29, 1.82) is 0 Å². The van der Waals surface area contributed by atoms with E-state index in [4.69, 9.17) is 21.1 Å². The molecule has 0 spiro atoms. The average Bonchev–Trinajstić information content (AvgIpc) is 3.52. The second-order valence-electron chi connectivity index (χ2n) is 14.3. The lowest BCUT2D eigenvalue weighted by Crippen LogP contribution is -2.44. The van der Waals surface area contributed by atoms with Crippen LogP contribution in [0.15, 0.2) is 53.6 Å². The van der Waals surface area contributed by atoms with Crippen LogP contribution in [0.3, 0.4) is 0 Å². The second kappa shape index (κ2) is 16.9. The van der Waals surface area contributed by atoms with E-state index in [0.717, 1.165) is 0 Å². The summed E-state index contributed by atoms with van der Waals surface area (Å²) in [6.07, 6.45) is 2.29. The number of carbonyl (C=O) groups excluding carboxylic acids is 3. The van der Waals surface area contributed by atoms with E-state index in [0.29, 0.717) is 40.7 Å². The first-order valence-electron chi connectivity index (χ1n) is 17.4. The van der Waals surface area contributed by atoms with Gasteiger partial charge in [-0.1, -0.05) is 29.8 Å². The van der Waals surface area contributed by atoms with Crippen LogP contribution in [0, 0.1) is 5.82 Å². The molecule has 14 nitrogen and oxygen atoms in total. The van der Waals surface area contributed by atoms with E-state index in [9.17, 15) is 24.3 Å². The largest absolute Gasteiger partial charge is 0.481 e. The minimum atomic E-state index is -0.905. The van der Waals surface area contributed by atoms with Gasteiger partial charge in [-0.25, -0.2) is 19.2 Å². The van der Waals surface area contributed by atoms with Crippen molar-refractivity contribution >= 4 is 35.2 Å². The number of amides is 3. The van der Waals surface area contributed by atoms with Crippen molar-refractivity contribution in [2.45, 2.75) is 70.9 Å². The topological polar surface area (TPSA) is 168 Å². The van der Waals surface area contributed by atoms with Gasteiger partial charge in [0.05, 0.1) is 42.5 Å². The summed E-state index contributed by atoms with van der Waals surface area (Å²) >= 11 is 6.95. The van der Waals surface area contributed by atoms with Crippen LogP contribution in [0.1, 0.15) is 51.2 Å². The highest BCUT2D eigenvalue weighted by Gasteiger charge is 2.30. The van der Waals surface area contributed by atoms with Crippen LogP contribution in [0.25, 0.3) is 28.0 Å². The maximum absolute atomic E-state index is 16.0. The van der Waals surface area contributed by atoms with E-state index in [-0.39, 0.29) is 78.2 Å². The third-order valence-electron chi connectivity index (χ3n) is 8.72. The quantitative estimate of drug-likeness (QED) is 0.180. The molecule has 1 aliphatic rings. The van der Waals surface area contributed by atoms with Crippen molar-refractivity contribution < 1.29 is 33.4 Å². The maximum atomic E-state index is 16.0. The molecule has 5 rings (SSSR count). The summed E-state index contributed by atoms with van der Waals surface area (Å²) in [6.45, 7) is 5.33. The average molecular weight is 766 g/mol. The Hall–Kier alpha value is -5.12. The summed E-state index contributed by atoms with van der Waals surface area (Å²) in [5, 5.41) is 16.3. The van der Waals surface area contributed by atoms with E-state index in [2.05, 4.69) is 20.6 Å². The number of hydrogen-bond donors (Lipinski definition) is 3. The smallest absolute Gasteiger partial charge is 0.410 e. The predicted molar refractivity (Wildman–Crippen MR) is 200 cm³/mol. The molecule has 4 aromatic rings. The number of rotatable bonds is 13. The molecule has 1 saturated heterocycles. The van der Waals surface area contributed by atoms with Gasteiger partial charge in [-0.05, 0) is 44.9 Å². The van der Waals surface area contributed by atoms with Crippen LogP contribution >= 0.6 is 11.6 Å². The summed E-state index contributed by atoms with van der Waals surface area (Å²) in [5.74, 6) is -1.05. The van der Waals surface area contributed by atoms with Crippen LogP contribution in [0.5, 0.6) is 5.88 Å². The van der Waals surface area contributed by atoms with E-state index in [1.54, 1.807) is 71.4 Å². The maximum Gasteiger partial charge on any atom is 0.410 e. The molecule has 0 bridgehead atoms. The zero-order valence-corrected chi connectivity index (χ0v) is 31.9. The number of carbonyl (C=O) groups is 3. The van der Waals surface area contributed by atoms with Gasteiger partial charge in [0.25, 0.3) is 5.56 Å². The summed E-state index contributed by atoms with van der Waals surface area (Å²) in [5.41, 5.74) is 1.48. The van der Waals surface area contributed by atoms with Gasteiger partial charge in [-0.3, -0.25) is 18.8 Å². The summed E-state index contributed by atoms with van der Waals surface area (Å²) < 4.78 is 28.5. The number of nitrogens with one attached hydrogen (secondary N) is 2. The number of fused-ring (bicyclic) bond motifs is 1. The molecule has 0 unspecified atom stereocenters. The van der Waals surface area contributed by atoms with Crippen molar-refractivity contribution in [1.82, 2.24) is 34.8 Å². The lowest BCUT2D eigenvalue weighted by atomic mass is 10.0. The lowest BCUT2D eigenvalue weighted by molar-refractivity contribution is -0.130. The van der Waals surface area contributed by atoms with Crippen LogP contribution < -0.4 is 20.9 Å². The molecule has 1 fully saturated rings. The minimum Gasteiger partial charge on any atom is -0.481 e. The Bertz CT molecular complexity index is 2100. The summed E-state index contributed by atoms with van der Waals surface area (Å²) in [4.78, 5) is 61.9. The molecular formula is C38H45ClFN7O7. The Labute approximate surface area is 317 Å². The first-order chi connectivity index (χ1) is 25.5. The predicted octanol–water partition coefficient (Wildman–Crippen LogP) is 4.17. The third-order valence-corrected chi connectivity index (χ3v) is 9.13. The highest BCUT2D eigenvalue weighted by atomic mass is 35.5. The van der Waals surface area contributed by atoms with Crippen LogP contribution in [-0.4, -0.2) is 99.2 Å². The van der Waals surface area contributed by atoms with Crippen LogP contribution in [0.2, 0.25) is 5.02 Å². The van der Waals surface area contributed by atoms with Gasteiger partial charge < -0.3 is 35.0 Å². The number of aromatic nitrogens is 3. The van der Waals surface area contributed by atoms with E-state index < -0.39 is 23.6 Å². The summed E-state index contributed by atoms with van der Waals surface area (Å²) in [7, 11) is 4.58. The zero-order valence-electron chi connectivity index (χ0n) is 31.1. The van der Waals surface area contributed by atoms with Crippen molar-refractivity contribution in [3.05, 3.63) is 81.1 Å². The number of nitrogens with zero attached hydrogens (tertiary/aromatic N) is 5. The van der Waals surface area contributed by atoms with Crippen LogP contribution in [0.4, 0.5) is 9.18 Å². The SMILES string of the molecule is COc1nc(-c2cccc(-c3ccn4c(=O)c(CNC[C@@H](O)CC(=O)N(C)C)cnc4c3)c2Cl)cc(F)c1CN(C[C@@H]1CCC(=O)N1)C(=O)OC(C)(C)C. The molecule has 288 valence electrons. The van der Waals surface area contributed by atoms with Gasteiger partial charge in [-0.2, -0.15) is 0 Å². The number of ether oxygens (including phenoxy) is 2. The molecule has 1 aromatic carbocycles. The molecule has 0 radical (unpaired) electrons. The molecule has 16 heteroatoms. The number of benzene rings is 1. The monoisotopic (exact) mass is 765 g/mol. The van der Waals surface area contributed by atoms with Crippen molar-refractivity contribution in [2.24, 2.45) is 0 Å². The molecule has 4 heterocycles. The molecule has 0 aliphatic carbocycles. The first kappa shape index (κ1) is 40.1. The summed E-state index contributed by atoms with van der Waals surface area (Å²) in [6, 6.07) is 9.55. The highest BCUT2D eigenvalue weighted by molar-refractivity contribution is 6.36. The standard InChI is InChI=1S/C38H45ClFN7O7/c1-38(2,3)54-37(52)46(20-24-10-11-32(49)43-24)21-28-29(40)16-30(44-35(28)53-6)27-9-7-8-26(34(27)39)22-12-13-47-31(14-22)42-18-23(36(47)51)17-41-19-25(48)15-33(50)45(4)5/h7-9,12-14,16,18,24-25,41,48H,10-11,15,17,19-21H2,1-6H3,(H,43,49)/t24-,25-/m0/s1. The van der Waals surface area contributed by atoms with Crippen molar-refractivity contribution in [3.8, 4) is 28.3 Å². The molecule has 2 atom stereocenters. The van der Waals surface area contributed by atoms with E-state index in [1.165, 1.54) is 33.6 Å². The molecule has 3 amide bonds. The van der Waals surface area contributed by atoms with Gasteiger partial charge in [0, 0.05) is 81.3 Å². The fourth-order valence-electron chi connectivity index (χ4n) is 5.95. The fourth-order valence-corrected chi connectivity index (χ4v) is 6.29. The minimum absolute atomic E-state index is 0.0277. The zero-order chi connectivity index (χ0) is 39.3. The normalized spacial score (nSPS) is 14.8. The molecule has 1 aliphatic heterocycles. The fraction of sp³-hybridized carbons (Fsp3) is 0.421. The van der Waals surface area contributed by atoms with Gasteiger partial charge in [0.15, 0.2) is 0 Å². The lowest BCUT2D eigenvalue weighted by Gasteiger charge is -2.29. The molecule has 3 aromatic heterocycles. The number of methoxy groups -OCH3 is 1. The third kappa shape index (κ3) is 9.70. The number of aliphatic hydroxyl groups excluding tert-OH is 1. The van der Waals surface area contributed by atoms with Gasteiger partial charge in [0.1, 0.15) is 17.1 Å². The number of hydrogen-bond acceptors (Lipinski definition) is 10. The Kier molecular flexibility index (Phi) is 12.6. The first-order valence-corrected chi connectivity index (χ1v) is 17.8. The van der Waals surface area contributed by atoms with E-state index >= 15 is 4.39 Å². The second-order valence-corrected chi connectivity index (χ2v) is 14.7. The van der Waals surface area contributed by atoms with Gasteiger partial charge >= 0.3 is 6.09 Å². The number of pyridine rings is 2. The van der Waals surface area contributed by atoms with Crippen molar-refractivity contribution in [2.75, 3.05) is 34.3 Å². The molecule has 54 heavy (non-hydrogen) atoms. The number of halogens is 2. The Balaban J connectivity index is 1.38. The van der Waals surface area contributed by atoms with Crippen molar-refractivity contribution in [3.63, 3.8) is 0 Å². The van der Waals surface area contributed by atoms with E-state index in [1.807, 2.05) is 0 Å². The Morgan fingerprint density at radius 3 is 2.59 bits per heavy atom. The van der Waals surface area contributed by atoms with Gasteiger partial charge in [0.2, 0.25) is 17.7 Å². The molecule has 0 saturated carbocycles. The Morgan fingerprint density at radius 2 is 1.93 bits per heavy atom. The number of aliphatic hydroxyl groups is 1. The highest BCUT2D eigenvalue weighted by Crippen LogP contribution is 2.38. The molecule has 3 N–H and O–H groups in total.